The van der Waals surface area contributed by atoms with Crippen LogP contribution >= 0.6 is 45.2 Å². The van der Waals surface area contributed by atoms with E-state index in [0.717, 1.165) is 22.1 Å². The Bertz CT molecular complexity index is 79.7. The number of halogens is 2. The lowest BCUT2D eigenvalue weighted by Gasteiger charge is -2.27. The van der Waals surface area contributed by atoms with Gasteiger partial charge < -0.3 is 9.47 Å². The van der Waals surface area contributed by atoms with Crippen LogP contribution in [0.15, 0.2) is 0 Å². The van der Waals surface area contributed by atoms with Gasteiger partial charge in [0.1, 0.15) is 0 Å². The molecule has 0 amide bonds. The summed E-state index contributed by atoms with van der Waals surface area (Å²) < 4.78 is 13.1. The molecule has 2 atom stereocenters. The zero-order valence-corrected chi connectivity index (χ0v) is 9.87. The van der Waals surface area contributed by atoms with Gasteiger partial charge in [-0.2, -0.15) is 0 Å². The summed E-state index contributed by atoms with van der Waals surface area (Å²) in [4.78, 5) is 0. The summed E-state index contributed by atoms with van der Waals surface area (Å²) >= 11 is 4.64. The molecule has 0 radical (unpaired) electrons. The molecular formula is C6H10I2O2. The zero-order valence-electron chi connectivity index (χ0n) is 5.56. The van der Waals surface area contributed by atoms with E-state index in [0.29, 0.717) is 12.2 Å². The maximum absolute atomic E-state index is 5.49. The molecule has 0 saturated carbocycles. The van der Waals surface area contributed by atoms with Crippen LogP contribution in [0.5, 0.6) is 0 Å². The quantitative estimate of drug-likeness (QED) is 0.545. The summed E-state index contributed by atoms with van der Waals surface area (Å²) in [5.41, 5.74) is 0. The lowest BCUT2D eigenvalue weighted by atomic mass is 10.3. The Hall–Kier alpha value is 1.38. The first kappa shape index (κ1) is 9.47. The highest BCUT2D eigenvalue weighted by atomic mass is 127. The lowest BCUT2D eigenvalue weighted by molar-refractivity contribution is -0.113. The Balaban J connectivity index is 2.17. The Morgan fingerprint density at radius 1 is 1.00 bits per heavy atom. The van der Waals surface area contributed by atoms with Crippen molar-refractivity contribution in [2.45, 2.75) is 12.2 Å². The second-order valence-corrected chi connectivity index (χ2v) is 3.98. The third-order valence-electron chi connectivity index (χ3n) is 1.38. The van der Waals surface area contributed by atoms with E-state index in [4.69, 9.17) is 9.47 Å². The van der Waals surface area contributed by atoms with Gasteiger partial charge in [0.15, 0.2) is 0 Å². The highest BCUT2D eigenvalue weighted by Gasteiger charge is 2.19. The van der Waals surface area contributed by atoms with Crippen molar-refractivity contribution in [1.82, 2.24) is 0 Å². The van der Waals surface area contributed by atoms with Gasteiger partial charge in [0.25, 0.3) is 0 Å². The summed E-state index contributed by atoms with van der Waals surface area (Å²) in [6.07, 6.45) is 0.666. The third kappa shape index (κ3) is 2.78. The van der Waals surface area contributed by atoms with Crippen molar-refractivity contribution >= 4 is 45.2 Å². The molecule has 0 unspecified atom stereocenters. The molecule has 1 rings (SSSR count). The van der Waals surface area contributed by atoms with Gasteiger partial charge >= 0.3 is 0 Å². The first-order chi connectivity index (χ1) is 4.86. The van der Waals surface area contributed by atoms with Crippen molar-refractivity contribution in [3.05, 3.63) is 0 Å². The molecular weight excluding hydrogens is 358 g/mol. The molecule has 0 aromatic rings. The van der Waals surface area contributed by atoms with Gasteiger partial charge in [-0.25, -0.2) is 0 Å². The fourth-order valence-corrected chi connectivity index (χ4v) is 1.78. The molecule has 0 aromatic heterocycles. The van der Waals surface area contributed by atoms with E-state index < -0.39 is 0 Å². The highest BCUT2D eigenvalue weighted by molar-refractivity contribution is 14.1. The van der Waals surface area contributed by atoms with Gasteiger partial charge in [-0.3, -0.25) is 0 Å². The molecule has 10 heavy (non-hydrogen) atoms. The SMILES string of the molecule is IC[C@@H]1CO[C@H](CI)CO1. The van der Waals surface area contributed by atoms with Crippen molar-refractivity contribution in [3.8, 4) is 0 Å². The predicted molar refractivity (Wildman–Crippen MR) is 57.3 cm³/mol. The summed E-state index contributed by atoms with van der Waals surface area (Å²) in [5.74, 6) is 0. The lowest BCUT2D eigenvalue weighted by Crippen LogP contribution is -2.37. The first-order valence-corrected chi connectivity index (χ1v) is 6.27. The number of hydrogen-bond donors (Lipinski definition) is 0. The molecule has 1 aliphatic rings. The molecule has 1 saturated heterocycles. The molecule has 0 aliphatic carbocycles. The minimum absolute atomic E-state index is 0.333. The van der Waals surface area contributed by atoms with Crippen LogP contribution in [0, 0.1) is 0 Å². The second kappa shape index (κ2) is 5.10. The number of rotatable bonds is 2. The maximum atomic E-state index is 5.49. The van der Waals surface area contributed by atoms with Crippen molar-refractivity contribution in [1.29, 1.82) is 0 Å². The van der Waals surface area contributed by atoms with Crippen molar-refractivity contribution in [2.24, 2.45) is 0 Å². The number of hydrogen-bond acceptors (Lipinski definition) is 2. The fraction of sp³-hybridized carbons (Fsp3) is 1.00. The first-order valence-electron chi connectivity index (χ1n) is 3.22. The van der Waals surface area contributed by atoms with Gasteiger partial charge in [-0.1, -0.05) is 45.2 Å². The van der Waals surface area contributed by atoms with Crippen LogP contribution in [0.1, 0.15) is 0 Å². The normalized spacial score (nSPS) is 34.2. The average Bonchev–Trinajstić information content (AvgIpc) is 2.05. The van der Waals surface area contributed by atoms with E-state index in [1.54, 1.807) is 0 Å². The van der Waals surface area contributed by atoms with Crippen molar-refractivity contribution in [2.75, 3.05) is 22.1 Å². The van der Waals surface area contributed by atoms with Crippen LogP contribution in [-0.2, 0) is 9.47 Å². The Morgan fingerprint density at radius 3 is 1.60 bits per heavy atom. The Kier molecular flexibility index (Phi) is 4.83. The van der Waals surface area contributed by atoms with Crippen LogP contribution in [0.4, 0.5) is 0 Å². The summed E-state index contributed by atoms with van der Waals surface area (Å²) in [5, 5.41) is 0. The molecule has 0 aromatic carbocycles. The van der Waals surface area contributed by atoms with Gasteiger partial charge in [0, 0.05) is 8.86 Å². The number of alkyl halides is 2. The summed E-state index contributed by atoms with van der Waals surface area (Å²) in [6, 6.07) is 0. The third-order valence-corrected chi connectivity index (χ3v) is 3.34. The standard InChI is InChI=1S/C6H10I2O2/c7-1-5-3-10-6(2-8)4-9-5/h5-6H,1-4H2/t5-,6-/m1/s1. The zero-order chi connectivity index (χ0) is 7.40. The van der Waals surface area contributed by atoms with E-state index >= 15 is 0 Å². The van der Waals surface area contributed by atoms with Crippen LogP contribution in [-0.4, -0.2) is 34.3 Å². The largest absolute Gasteiger partial charge is 0.372 e. The van der Waals surface area contributed by atoms with Gasteiger partial charge in [0.05, 0.1) is 25.4 Å². The van der Waals surface area contributed by atoms with Crippen LogP contribution in [0.25, 0.3) is 0 Å². The summed E-state index contributed by atoms with van der Waals surface area (Å²) in [6.45, 7) is 1.55. The smallest absolute Gasteiger partial charge is 0.0899 e. The predicted octanol–water partition coefficient (Wildman–Crippen LogP) is 1.64. The van der Waals surface area contributed by atoms with Crippen LogP contribution in [0.2, 0.25) is 0 Å². The highest BCUT2D eigenvalue weighted by Crippen LogP contribution is 2.10. The van der Waals surface area contributed by atoms with Crippen molar-refractivity contribution < 1.29 is 9.47 Å². The van der Waals surface area contributed by atoms with Crippen LogP contribution < -0.4 is 0 Å². The summed E-state index contributed by atoms with van der Waals surface area (Å²) in [7, 11) is 0. The minimum atomic E-state index is 0.333. The molecule has 1 aliphatic heterocycles. The van der Waals surface area contributed by atoms with Crippen molar-refractivity contribution in [3.63, 3.8) is 0 Å². The molecule has 2 nitrogen and oxygen atoms in total. The van der Waals surface area contributed by atoms with E-state index in [9.17, 15) is 0 Å². The molecule has 1 fully saturated rings. The number of ether oxygens (including phenoxy) is 2. The molecule has 0 spiro atoms. The average molecular weight is 368 g/mol. The molecule has 1 heterocycles. The minimum Gasteiger partial charge on any atom is -0.372 e. The monoisotopic (exact) mass is 368 g/mol. The van der Waals surface area contributed by atoms with Gasteiger partial charge in [-0.15, -0.1) is 0 Å². The Labute approximate surface area is 88.3 Å². The van der Waals surface area contributed by atoms with E-state index in [1.165, 1.54) is 0 Å². The van der Waals surface area contributed by atoms with E-state index in [-0.39, 0.29) is 0 Å². The molecule has 0 N–H and O–H groups in total. The van der Waals surface area contributed by atoms with Gasteiger partial charge in [-0.05, 0) is 0 Å². The molecule has 0 bridgehead atoms. The topological polar surface area (TPSA) is 18.5 Å². The molecule has 60 valence electrons. The van der Waals surface area contributed by atoms with Crippen LogP contribution in [0.3, 0.4) is 0 Å². The maximum Gasteiger partial charge on any atom is 0.0899 e. The Morgan fingerprint density at radius 2 is 1.40 bits per heavy atom. The fourth-order valence-electron chi connectivity index (χ4n) is 0.761. The van der Waals surface area contributed by atoms with E-state index in [1.807, 2.05) is 0 Å². The second-order valence-electron chi connectivity index (χ2n) is 2.22. The van der Waals surface area contributed by atoms with Gasteiger partial charge in [0.2, 0.25) is 0 Å². The van der Waals surface area contributed by atoms with E-state index in [2.05, 4.69) is 45.2 Å². The molecule has 4 heteroatoms.